The second-order valence-corrected chi connectivity index (χ2v) is 9.07. The molecule has 1 unspecified atom stereocenters. The van der Waals surface area contributed by atoms with E-state index in [2.05, 4.69) is 4.90 Å². The summed E-state index contributed by atoms with van der Waals surface area (Å²) in [6.07, 6.45) is -1.66. The third-order valence-electron chi connectivity index (χ3n) is 5.81. The zero-order valence-corrected chi connectivity index (χ0v) is 18.3. The summed E-state index contributed by atoms with van der Waals surface area (Å²) in [5, 5.41) is 10.5. The summed E-state index contributed by atoms with van der Waals surface area (Å²) in [6.45, 7) is 5.86. The molecule has 2 aliphatic rings. The molecule has 2 aromatic rings. The number of β-amino-alcohol motifs (C(OH)–C–C–N with tert-alkyl or cyclic N) is 1. The average molecular weight is 447 g/mol. The maximum Gasteiger partial charge on any atom is 0.416 e. The Hall–Kier alpha value is -2.51. The van der Waals surface area contributed by atoms with E-state index in [-0.39, 0.29) is 12.2 Å². The van der Waals surface area contributed by atoms with Crippen LogP contribution in [0.25, 0.3) is 5.57 Å². The molecule has 2 aromatic carbocycles. The molecule has 0 amide bonds. The number of hydrogen-bond acceptors (Lipinski definition) is 4. The van der Waals surface area contributed by atoms with Crippen molar-refractivity contribution in [2.24, 2.45) is 0 Å². The van der Waals surface area contributed by atoms with E-state index >= 15 is 0 Å². The van der Waals surface area contributed by atoms with Crippen molar-refractivity contribution in [3.05, 3.63) is 65.2 Å². The van der Waals surface area contributed by atoms with Crippen molar-refractivity contribution in [2.75, 3.05) is 26.2 Å². The molecule has 7 heteroatoms. The van der Waals surface area contributed by atoms with Crippen molar-refractivity contribution in [1.82, 2.24) is 4.90 Å². The number of halogens is 3. The van der Waals surface area contributed by atoms with Crippen molar-refractivity contribution in [2.45, 2.75) is 44.6 Å². The van der Waals surface area contributed by atoms with Crippen LogP contribution in [0.15, 0.2) is 48.5 Å². The molecule has 4 rings (SSSR count). The quantitative estimate of drug-likeness (QED) is 0.681. The van der Waals surface area contributed by atoms with Crippen LogP contribution in [-0.4, -0.2) is 48.0 Å². The minimum atomic E-state index is -4.35. The Morgan fingerprint density at radius 1 is 1.19 bits per heavy atom. The van der Waals surface area contributed by atoms with Gasteiger partial charge in [-0.1, -0.05) is 30.3 Å². The number of aliphatic hydroxyl groups is 1. The van der Waals surface area contributed by atoms with Crippen LogP contribution >= 0.6 is 0 Å². The van der Waals surface area contributed by atoms with E-state index in [4.69, 9.17) is 9.47 Å². The number of rotatable bonds is 6. The highest BCUT2D eigenvalue weighted by Gasteiger charge is 2.33. The van der Waals surface area contributed by atoms with Crippen LogP contribution in [0.3, 0.4) is 0 Å². The van der Waals surface area contributed by atoms with Gasteiger partial charge in [-0.3, -0.25) is 4.90 Å². The van der Waals surface area contributed by atoms with Crippen LogP contribution in [0.1, 0.15) is 37.0 Å². The monoisotopic (exact) mass is 447 g/mol. The zero-order chi connectivity index (χ0) is 22.9. The lowest BCUT2D eigenvalue weighted by atomic mass is 9.97. The van der Waals surface area contributed by atoms with Crippen LogP contribution in [0.4, 0.5) is 13.2 Å². The molecule has 0 spiro atoms. The van der Waals surface area contributed by atoms with Gasteiger partial charge >= 0.3 is 6.18 Å². The fourth-order valence-corrected chi connectivity index (χ4v) is 4.27. The van der Waals surface area contributed by atoms with Crippen molar-refractivity contribution in [3.8, 4) is 11.5 Å². The molecule has 0 radical (unpaired) electrons. The minimum absolute atomic E-state index is 0.140. The van der Waals surface area contributed by atoms with Gasteiger partial charge in [0.15, 0.2) is 11.5 Å². The first-order valence-corrected chi connectivity index (χ1v) is 10.8. The smallest absolute Gasteiger partial charge is 0.416 e. The largest absolute Gasteiger partial charge is 0.487 e. The molecule has 2 aliphatic heterocycles. The second-order valence-electron chi connectivity index (χ2n) is 9.07. The normalized spacial score (nSPS) is 19.1. The van der Waals surface area contributed by atoms with E-state index in [1.165, 1.54) is 12.1 Å². The van der Waals surface area contributed by atoms with Crippen LogP contribution in [-0.2, 0) is 12.6 Å². The first-order valence-electron chi connectivity index (χ1n) is 10.8. The Labute approximate surface area is 186 Å². The van der Waals surface area contributed by atoms with Crippen LogP contribution in [0, 0.1) is 0 Å². The Kier molecular flexibility index (Phi) is 6.23. The highest BCUT2D eigenvalue weighted by molar-refractivity contribution is 5.67. The van der Waals surface area contributed by atoms with Gasteiger partial charge in [-0.25, -0.2) is 0 Å². The van der Waals surface area contributed by atoms with E-state index < -0.39 is 17.8 Å². The van der Waals surface area contributed by atoms with E-state index in [0.717, 1.165) is 29.4 Å². The number of hydrogen-bond donors (Lipinski definition) is 1. The molecular formula is C25H28F3NO3. The summed E-state index contributed by atoms with van der Waals surface area (Å²) in [5.74, 6) is 1.38. The molecule has 0 aliphatic carbocycles. The third kappa shape index (κ3) is 5.27. The lowest BCUT2D eigenvalue weighted by molar-refractivity contribution is -0.137. The number of alkyl halides is 3. The fraction of sp³-hybridized carbons (Fsp3) is 0.440. The molecular weight excluding hydrogens is 419 g/mol. The van der Waals surface area contributed by atoms with Gasteiger partial charge < -0.3 is 14.6 Å². The summed E-state index contributed by atoms with van der Waals surface area (Å²) in [6, 6.07) is 11.2. The number of nitrogens with zero attached hydrogens (tertiary/aromatic N) is 1. The average Bonchev–Trinajstić information content (AvgIpc) is 3.06. The molecule has 1 N–H and O–H groups in total. The van der Waals surface area contributed by atoms with Gasteiger partial charge in [0.25, 0.3) is 0 Å². The molecule has 172 valence electrons. The number of para-hydroxylation sites is 1. The fourth-order valence-electron chi connectivity index (χ4n) is 4.27. The van der Waals surface area contributed by atoms with Crippen molar-refractivity contribution in [3.63, 3.8) is 0 Å². The predicted octanol–water partition coefficient (Wildman–Crippen LogP) is 4.95. The molecule has 2 heterocycles. The summed E-state index contributed by atoms with van der Waals surface area (Å²) >= 11 is 0. The van der Waals surface area contributed by atoms with E-state index in [0.29, 0.717) is 37.4 Å². The Morgan fingerprint density at radius 2 is 1.97 bits per heavy atom. The van der Waals surface area contributed by atoms with Gasteiger partial charge in [-0.05, 0) is 49.6 Å². The molecule has 0 fully saturated rings. The summed E-state index contributed by atoms with van der Waals surface area (Å²) in [5.41, 5.74) is 1.70. The first-order chi connectivity index (χ1) is 15.1. The van der Waals surface area contributed by atoms with Crippen LogP contribution in [0.2, 0.25) is 0 Å². The Balaban J connectivity index is 1.31. The molecule has 0 saturated heterocycles. The predicted molar refractivity (Wildman–Crippen MR) is 117 cm³/mol. The topological polar surface area (TPSA) is 41.9 Å². The SMILES string of the molecule is CC1(C)Cc2cccc(OCC(O)CN3CC=C(c4cccc(C(F)(F)F)c4)CC3)c2O1. The summed E-state index contributed by atoms with van der Waals surface area (Å²) < 4.78 is 50.8. The standard InChI is InChI=1S/C25H28F3NO3/c1-24(2)14-19-6-4-8-22(23(19)32-24)31-16-21(30)15-29-11-9-17(10-12-29)18-5-3-7-20(13-18)25(26,27)28/h3-9,13,21,30H,10-12,14-16H2,1-2H3. The van der Waals surface area contributed by atoms with Gasteiger partial charge in [0.05, 0.1) is 5.56 Å². The minimum Gasteiger partial charge on any atom is -0.487 e. The van der Waals surface area contributed by atoms with E-state index in [1.807, 2.05) is 38.1 Å². The van der Waals surface area contributed by atoms with E-state index in [1.54, 1.807) is 6.07 Å². The van der Waals surface area contributed by atoms with Gasteiger partial charge in [0, 0.05) is 31.6 Å². The number of benzene rings is 2. The molecule has 0 aromatic heterocycles. The van der Waals surface area contributed by atoms with Gasteiger partial charge in [0.2, 0.25) is 0 Å². The number of ether oxygens (including phenoxy) is 2. The van der Waals surface area contributed by atoms with Crippen molar-refractivity contribution >= 4 is 5.57 Å². The number of aliphatic hydroxyl groups excluding tert-OH is 1. The highest BCUT2D eigenvalue weighted by Crippen LogP contribution is 2.41. The Morgan fingerprint density at radius 3 is 2.69 bits per heavy atom. The Bertz CT molecular complexity index is 1000. The van der Waals surface area contributed by atoms with Crippen LogP contribution < -0.4 is 9.47 Å². The molecule has 0 saturated carbocycles. The molecule has 32 heavy (non-hydrogen) atoms. The van der Waals surface area contributed by atoms with Crippen molar-refractivity contribution < 1.29 is 27.8 Å². The van der Waals surface area contributed by atoms with Crippen molar-refractivity contribution in [1.29, 1.82) is 0 Å². The molecule has 4 nitrogen and oxygen atoms in total. The highest BCUT2D eigenvalue weighted by atomic mass is 19.4. The first kappa shape index (κ1) is 22.7. The summed E-state index contributed by atoms with van der Waals surface area (Å²) in [4.78, 5) is 2.07. The van der Waals surface area contributed by atoms with Crippen LogP contribution in [0.5, 0.6) is 11.5 Å². The maximum absolute atomic E-state index is 13.0. The maximum atomic E-state index is 13.0. The van der Waals surface area contributed by atoms with Gasteiger partial charge in [-0.2, -0.15) is 13.2 Å². The van der Waals surface area contributed by atoms with E-state index in [9.17, 15) is 18.3 Å². The lowest BCUT2D eigenvalue weighted by Gasteiger charge is -2.28. The zero-order valence-electron chi connectivity index (χ0n) is 18.3. The molecule has 0 bridgehead atoms. The second kappa shape index (κ2) is 8.79. The molecule has 1 atom stereocenters. The van der Waals surface area contributed by atoms with Gasteiger partial charge in [-0.15, -0.1) is 0 Å². The number of fused-ring (bicyclic) bond motifs is 1. The van der Waals surface area contributed by atoms with Gasteiger partial charge in [0.1, 0.15) is 18.3 Å². The summed E-state index contributed by atoms with van der Waals surface area (Å²) in [7, 11) is 0. The lowest BCUT2D eigenvalue weighted by Crippen LogP contribution is -2.38. The third-order valence-corrected chi connectivity index (χ3v) is 5.81.